The van der Waals surface area contributed by atoms with Crippen molar-refractivity contribution in [3.05, 3.63) is 82.0 Å². The molecule has 0 heteroatoms. The van der Waals surface area contributed by atoms with Crippen LogP contribution in [0.25, 0.3) is 0 Å². The summed E-state index contributed by atoms with van der Waals surface area (Å²) in [6, 6.07) is 9.23. The van der Waals surface area contributed by atoms with Crippen molar-refractivity contribution in [1.29, 1.82) is 0 Å². The SMILES string of the molecule is CC1=C(C)C(C)(c2ccc(C3(C)C=CC(C)=C3C)cc2)C=C1. The maximum atomic E-state index is 2.33. The summed E-state index contributed by atoms with van der Waals surface area (Å²) in [5, 5.41) is 0. The Labute approximate surface area is 135 Å². The molecule has 0 bridgehead atoms. The summed E-state index contributed by atoms with van der Waals surface area (Å²) in [7, 11) is 0. The van der Waals surface area contributed by atoms with E-state index < -0.39 is 0 Å². The van der Waals surface area contributed by atoms with E-state index in [0.717, 1.165) is 0 Å². The smallest absolute Gasteiger partial charge is 0.0319 e. The zero-order valence-corrected chi connectivity index (χ0v) is 14.6. The summed E-state index contributed by atoms with van der Waals surface area (Å²) in [6.45, 7) is 13.5. The van der Waals surface area contributed by atoms with Crippen molar-refractivity contribution in [3.8, 4) is 0 Å². The van der Waals surface area contributed by atoms with Gasteiger partial charge in [0, 0.05) is 10.8 Å². The number of rotatable bonds is 2. The van der Waals surface area contributed by atoms with E-state index in [9.17, 15) is 0 Å². The molecule has 1 aromatic carbocycles. The number of hydrogen-bond acceptors (Lipinski definition) is 0. The van der Waals surface area contributed by atoms with Crippen molar-refractivity contribution in [3.63, 3.8) is 0 Å². The van der Waals surface area contributed by atoms with Gasteiger partial charge in [-0.05, 0) is 52.7 Å². The van der Waals surface area contributed by atoms with Gasteiger partial charge in [0.05, 0.1) is 0 Å². The van der Waals surface area contributed by atoms with E-state index in [2.05, 4.69) is 90.1 Å². The first kappa shape index (κ1) is 15.1. The summed E-state index contributed by atoms with van der Waals surface area (Å²) in [5.74, 6) is 0. The Morgan fingerprint density at radius 3 is 1.14 bits per heavy atom. The van der Waals surface area contributed by atoms with E-state index in [-0.39, 0.29) is 10.8 Å². The van der Waals surface area contributed by atoms with Crippen LogP contribution >= 0.6 is 0 Å². The second-order valence-electron chi connectivity index (χ2n) is 7.26. The molecule has 0 aliphatic heterocycles. The highest BCUT2D eigenvalue weighted by molar-refractivity contribution is 5.54. The molecule has 1 aromatic rings. The van der Waals surface area contributed by atoms with Gasteiger partial charge in [-0.1, -0.05) is 70.9 Å². The third-order valence-electron chi connectivity index (χ3n) is 6.16. The molecule has 0 saturated carbocycles. The minimum Gasteiger partial charge on any atom is -0.0699 e. The Morgan fingerprint density at radius 1 is 0.591 bits per heavy atom. The fourth-order valence-corrected chi connectivity index (χ4v) is 3.69. The van der Waals surface area contributed by atoms with Crippen LogP contribution in [0, 0.1) is 0 Å². The van der Waals surface area contributed by atoms with E-state index in [1.807, 2.05) is 0 Å². The van der Waals surface area contributed by atoms with Gasteiger partial charge >= 0.3 is 0 Å². The molecule has 3 rings (SSSR count). The van der Waals surface area contributed by atoms with Crippen molar-refractivity contribution in [2.24, 2.45) is 0 Å². The number of benzene rings is 1. The molecule has 0 nitrogen and oxygen atoms in total. The molecular formula is C22H26. The highest BCUT2D eigenvalue weighted by Gasteiger charge is 2.33. The molecule has 0 heterocycles. The van der Waals surface area contributed by atoms with E-state index in [1.165, 1.54) is 33.4 Å². The van der Waals surface area contributed by atoms with Crippen LogP contribution in [0.15, 0.2) is 70.9 Å². The lowest BCUT2D eigenvalue weighted by Crippen LogP contribution is -2.21. The zero-order chi connectivity index (χ0) is 16.1. The lowest BCUT2D eigenvalue weighted by atomic mass is 9.74. The lowest BCUT2D eigenvalue weighted by molar-refractivity contribution is 0.697. The first-order valence-electron chi connectivity index (χ1n) is 8.14. The van der Waals surface area contributed by atoms with Gasteiger partial charge in [-0.2, -0.15) is 0 Å². The molecule has 0 aromatic heterocycles. The first-order chi connectivity index (χ1) is 10.3. The maximum absolute atomic E-state index is 2.33. The van der Waals surface area contributed by atoms with Gasteiger partial charge in [0.2, 0.25) is 0 Å². The van der Waals surface area contributed by atoms with Crippen LogP contribution in [0.2, 0.25) is 0 Å². The van der Waals surface area contributed by atoms with Gasteiger partial charge in [-0.15, -0.1) is 0 Å². The Bertz CT molecular complexity index is 672. The lowest BCUT2D eigenvalue weighted by Gasteiger charge is -2.29. The normalized spacial score (nSPS) is 30.8. The van der Waals surface area contributed by atoms with Crippen molar-refractivity contribution >= 4 is 0 Å². The average Bonchev–Trinajstić information content (AvgIpc) is 2.94. The summed E-state index contributed by atoms with van der Waals surface area (Å²) in [6.07, 6.45) is 9.17. The van der Waals surface area contributed by atoms with Gasteiger partial charge in [0.1, 0.15) is 0 Å². The molecule has 0 fully saturated rings. The van der Waals surface area contributed by atoms with Gasteiger partial charge in [0.25, 0.3) is 0 Å². The average molecular weight is 290 g/mol. The van der Waals surface area contributed by atoms with Gasteiger partial charge < -0.3 is 0 Å². The molecule has 0 amide bonds. The summed E-state index contributed by atoms with van der Waals surface area (Å²) >= 11 is 0. The van der Waals surface area contributed by atoms with Crippen LogP contribution in [0.1, 0.15) is 52.7 Å². The minimum atomic E-state index is 0.0514. The van der Waals surface area contributed by atoms with Crippen molar-refractivity contribution in [2.75, 3.05) is 0 Å². The molecule has 0 N–H and O–H groups in total. The van der Waals surface area contributed by atoms with Crippen LogP contribution in [0.3, 0.4) is 0 Å². The molecule has 2 aliphatic rings. The number of hydrogen-bond donors (Lipinski definition) is 0. The second kappa shape index (κ2) is 4.84. The van der Waals surface area contributed by atoms with Crippen LogP contribution < -0.4 is 0 Å². The highest BCUT2D eigenvalue weighted by Crippen LogP contribution is 2.43. The van der Waals surface area contributed by atoms with Crippen molar-refractivity contribution in [2.45, 2.75) is 52.4 Å². The van der Waals surface area contributed by atoms with Crippen LogP contribution in [0.5, 0.6) is 0 Å². The Morgan fingerprint density at radius 2 is 0.909 bits per heavy atom. The third kappa shape index (κ3) is 1.97. The van der Waals surface area contributed by atoms with Crippen molar-refractivity contribution in [1.82, 2.24) is 0 Å². The minimum absolute atomic E-state index is 0.0514. The van der Waals surface area contributed by atoms with Crippen LogP contribution in [-0.2, 0) is 10.8 Å². The third-order valence-corrected chi connectivity index (χ3v) is 6.16. The molecule has 2 aliphatic carbocycles. The highest BCUT2D eigenvalue weighted by atomic mass is 14.4. The van der Waals surface area contributed by atoms with E-state index in [4.69, 9.17) is 0 Å². The van der Waals surface area contributed by atoms with Crippen LogP contribution in [0.4, 0.5) is 0 Å². The monoisotopic (exact) mass is 290 g/mol. The van der Waals surface area contributed by atoms with Crippen LogP contribution in [-0.4, -0.2) is 0 Å². The number of allylic oxidation sites excluding steroid dienone is 8. The Balaban J connectivity index is 1.99. The molecule has 0 spiro atoms. The topological polar surface area (TPSA) is 0 Å². The quantitative estimate of drug-likeness (QED) is 0.625. The molecule has 22 heavy (non-hydrogen) atoms. The second-order valence-corrected chi connectivity index (χ2v) is 7.26. The zero-order valence-electron chi connectivity index (χ0n) is 14.6. The summed E-state index contributed by atoms with van der Waals surface area (Å²) < 4.78 is 0. The fraction of sp³-hybridized carbons (Fsp3) is 0.364. The molecule has 0 radical (unpaired) electrons. The van der Waals surface area contributed by atoms with Gasteiger partial charge in [-0.25, -0.2) is 0 Å². The largest absolute Gasteiger partial charge is 0.0699 e. The van der Waals surface area contributed by atoms with Gasteiger partial charge in [0.15, 0.2) is 0 Å². The molecule has 2 atom stereocenters. The summed E-state index contributed by atoms with van der Waals surface area (Å²) in [4.78, 5) is 0. The molecular weight excluding hydrogens is 264 g/mol. The van der Waals surface area contributed by atoms with E-state index in [1.54, 1.807) is 0 Å². The van der Waals surface area contributed by atoms with Crippen molar-refractivity contribution < 1.29 is 0 Å². The van der Waals surface area contributed by atoms with Gasteiger partial charge in [-0.3, -0.25) is 0 Å². The maximum Gasteiger partial charge on any atom is 0.0319 e. The molecule has 114 valence electrons. The van der Waals surface area contributed by atoms with E-state index in [0.29, 0.717) is 0 Å². The van der Waals surface area contributed by atoms with E-state index >= 15 is 0 Å². The first-order valence-corrected chi connectivity index (χ1v) is 8.14. The summed E-state index contributed by atoms with van der Waals surface area (Å²) in [5.41, 5.74) is 8.57. The standard InChI is InChI=1S/C22H26/c1-15-11-13-21(5,17(15)3)19-7-9-20(10-8-19)22(6)14-12-16(2)18(22)4/h7-14H,1-6H3. The molecule has 2 unspecified atom stereocenters. The molecule has 0 saturated heterocycles. The Kier molecular flexibility index (Phi) is 3.32. The fourth-order valence-electron chi connectivity index (χ4n) is 3.69. The predicted molar refractivity (Wildman–Crippen MR) is 96.2 cm³/mol. The predicted octanol–water partition coefficient (Wildman–Crippen LogP) is 6.01. The Hall–Kier alpha value is -1.82.